The van der Waals surface area contributed by atoms with Gasteiger partial charge in [0.05, 0.1) is 27.9 Å². The van der Waals surface area contributed by atoms with E-state index < -0.39 is 10.0 Å². The molecule has 0 saturated heterocycles. The van der Waals surface area contributed by atoms with Crippen LogP contribution in [0.3, 0.4) is 0 Å². The Balaban J connectivity index is 2.02. The van der Waals surface area contributed by atoms with Crippen molar-refractivity contribution >= 4 is 50.5 Å². The molecule has 0 radical (unpaired) electrons. The van der Waals surface area contributed by atoms with Gasteiger partial charge in [-0.25, -0.2) is 8.42 Å². The highest BCUT2D eigenvalue weighted by molar-refractivity contribution is 7.92. The number of ether oxygens (including phenoxy) is 2. The van der Waals surface area contributed by atoms with E-state index in [1.807, 2.05) is 14.1 Å². The van der Waals surface area contributed by atoms with Gasteiger partial charge in [-0.05, 0) is 44.8 Å². The molecule has 0 unspecified atom stereocenters. The first-order valence-electron chi connectivity index (χ1n) is 8.31. The Morgan fingerprint density at radius 2 is 1.86 bits per heavy atom. The summed E-state index contributed by atoms with van der Waals surface area (Å²) in [4.78, 5) is 1.88. The Morgan fingerprint density at radius 1 is 1.14 bits per heavy atom. The van der Waals surface area contributed by atoms with Crippen LogP contribution in [0.4, 0.5) is 5.69 Å². The molecule has 0 aliphatic carbocycles. The van der Waals surface area contributed by atoms with E-state index in [-0.39, 0.29) is 26.0 Å². The summed E-state index contributed by atoms with van der Waals surface area (Å²) in [5, 5.41) is 0.0104. The average molecular weight is 466 g/mol. The molecule has 1 aliphatic rings. The number of likely N-dealkylation sites (N-methyl/N-ethyl adjacent to an activating group) is 1. The predicted molar refractivity (Wildman–Crippen MR) is 112 cm³/mol. The first-order valence-corrected chi connectivity index (χ1v) is 10.9. The molecule has 6 nitrogen and oxygen atoms in total. The first kappa shape index (κ1) is 21.3. The molecule has 2 aromatic rings. The highest BCUT2D eigenvalue weighted by Gasteiger charge is 2.29. The maximum absolute atomic E-state index is 12.9. The Labute approximate surface area is 179 Å². The highest BCUT2D eigenvalue weighted by atomic mass is 35.5. The zero-order chi connectivity index (χ0) is 20.6. The van der Waals surface area contributed by atoms with Gasteiger partial charge in [-0.3, -0.25) is 4.72 Å². The van der Waals surface area contributed by atoms with Crippen molar-refractivity contribution in [1.82, 2.24) is 4.90 Å². The van der Waals surface area contributed by atoms with Gasteiger partial charge in [0.25, 0.3) is 10.0 Å². The van der Waals surface area contributed by atoms with Crippen molar-refractivity contribution in [3.8, 4) is 11.5 Å². The second-order valence-electron chi connectivity index (χ2n) is 6.53. The van der Waals surface area contributed by atoms with Crippen LogP contribution < -0.4 is 14.2 Å². The Hall–Kier alpha value is -1.38. The summed E-state index contributed by atoms with van der Waals surface area (Å²) in [7, 11) is 1.47. The van der Waals surface area contributed by atoms with Gasteiger partial charge in [0.15, 0.2) is 0 Å². The van der Waals surface area contributed by atoms with Crippen LogP contribution in [-0.4, -0.2) is 47.2 Å². The number of fused-ring (bicyclic) bond motifs is 1. The molecule has 1 heterocycles. The maximum atomic E-state index is 12.9. The number of hydrogen-bond acceptors (Lipinski definition) is 5. The summed E-state index contributed by atoms with van der Waals surface area (Å²) in [6.07, 6.45) is 0.661. The molecule has 152 valence electrons. The second-order valence-corrected chi connectivity index (χ2v) is 9.35. The molecule has 0 aromatic heterocycles. The topological polar surface area (TPSA) is 67.9 Å². The Morgan fingerprint density at radius 3 is 2.50 bits per heavy atom. The van der Waals surface area contributed by atoms with E-state index in [1.54, 1.807) is 19.2 Å². The number of halogens is 3. The lowest BCUT2D eigenvalue weighted by Gasteiger charge is -2.32. The zero-order valence-corrected chi connectivity index (χ0v) is 18.5. The molecule has 0 fully saturated rings. The lowest BCUT2D eigenvalue weighted by molar-refractivity contribution is 0.164. The first-order chi connectivity index (χ1) is 13.2. The molecule has 0 bridgehead atoms. The lowest BCUT2D eigenvalue weighted by atomic mass is 10.00. The van der Waals surface area contributed by atoms with Gasteiger partial charge < -0.3 is 14.4 Å². The number of rotatable bonds is 5. The van der Waals surface area contributed by atoms with E-state index in [0.29, 0.717) is 30.2 Å². The van der Waals surface area contributed by atoms with E-state index in [2.05, 4.69) is 9.62 Å². The highest BCUT2D eigenvalue weighted by Crippen LogP contribution is 2.42. The number of methoxy groups -OCH3 is 1. The molecule has 3 rings (SSSR count). The summed E-state index contributed by atoms with van der Waals surface area (Å²) in [5.74, 6) is 1.08. The number of benzene rings is 2. The maximum Gasteiger partial charge on any atom is 0.263 e. The fourth-order valence-corrected chi connectivity index (χ4v) is 5.00. The molecule has 1 N–H and O–H groups in total. The van der Waals surface area contributed by atoms with E-state index >= 15 is 0 Å². The largest absolute Gasteiger partial charge is 0.496 e. The van der Waals surface area contributed by atoms with Crippen LogP contribution in [0.1, 0.15) is 5.56 Å². The fourth-order valence-electron chi connectivity index (χ4n) is 2.96. The number of hydrogen-bond donors (Lipinski definition) is 1. The van der Waals surface area contributed by atoms with Gasteiger partial charge in [0, 0.05) is 11.6 Å². The Bertz CT molecular complexity index is 1010. The normalized spacial score (nSPS) is 16.5. The predicted octanol–water partition coefficient (Wildman–Crippen LogP) is 4.32. The standard InChI is InChI=1S/C18H19Cl3N2O4S/c1-23(2)10-8-11-14(26-3)6-5-13(18(11)27-9-10)22-28(24,25)15-7-4-12(19)16(20)17(15)21/h4-7,10,22H,8-9H2,1-3H3/t10-/m1/s1. The van der Waals surface area contributed by atoms with Crippen LogP contribution in [-0.2, 0) is 16.4 Å². The van der Waals surface area contributed by atoms with E-state index in [0.717, 1.165) is 5.56 Å². The number of nitrogens with zero attached hydrogens (tertiary/aromatic N) is 1. The third-order valence-corrected chi connectivity index (χ3v) is 7.37. The minimum Gasteiger partial charge on any atom is -0.496 e. The summed E-state index contributed by atoms with van der Waals surface area (Å²) < 4.78 is 39.7. The lowest BCUT2D eigenvalue weighted by Crippen LogP contribution is -2.38. The number of sulfonamides is 1. The summed E-state index contributed by atoms with van der Waals surface area (Å²) >= 11 is 18.0. The molecule has 0 saturated carbocycles. The quantitative estimate of drug-likeness (QED) is 0.666. The Kier molecular flexibility index (Phi) is 6.22. The minimum absolute atomic E-state index is 0.0203. The third-order valence-electron chi connectivity index (χ3n) is 4.56. The molecular weight excluding hydrogens is 447 g/mol. The fraction of sp³-hybridized carbons (Fsp3) is 0.333. The summed E-state index contributed by atoms with van der Waals surface area (Å²) in [6.45, 7) is 0.426. The molecule has 1 aliphatic heterocycles. The van der Waals surface area contributed by atoms with Crippen LogP contribution in [0.5, 0.6) is 11.5 Å². The average Bonchev–Trinajstić information content (AvgIpc) is 2.65. The van der Waals surface area contributed by atoms with Gasteiger partial charge in [0.1, 0.15) is 23.0 Å². The van der Waals surface area contributed by atoms with Crippen LogP contribution in [0.25, 0.3) is 0 Å². The molecule has 1 atom stereocenters. The van der Waals surface area contributed by atoms with Gasteiger partial charge >= 0.3 is 0 Å². The van der Waals surface area contributed by atoms with Crippen molar-refractivity contribution in [3.05, 3.63) is 44.9 Å². The second kappa shape index (κ2) is 8.16. The van der Waals surface area contributed by atoms with Crippen LogP contribution in [0.15, 0.2) is 29.2 Å². The van der Waals surface area contributed by atoms with Gasteiger partial charge in [0.2, 0.25) is 0 Å². The van der Waals surface area contributed by atoms with Crippen LogP contribution in [0.2, 0.25) is 15.1 Å². The van der Waals surface area contributed by atoms with Crippen molar-refractivity contribution in [1.29, 1.82) is 0 Å². The van der Waals surface area contributed by atoms with E-state index in [1.165, 1.54) is 12.1 Å². The summed E-state index contributed by atoms with van der Waals surface area (Å²) in [6, 6.07) is 6.13. The van der Waals surface area contributed by atoms with Crippen molar-refractivity contribution in [3.63, 3.8) is 0 Å². The number of anilines is 1. The van der Waals surface area contributed by atoms with Gasteiger partial charge in [-0.2, -0.15) is 0 Å². The van der Waals surface area contributed by atoms with E-state index in [4.69, 9.17) is 44.3 Å². The van der Waals surface area contributed by atoms with Gasteiger partial charge in [-0.15, -0.1) is 0 Å². The molecule has 10 heteroatoms. The van der Waals surface area contributed by atoms with Crippen LogP contribution in [0, 0.1) is 0 Å². The van der Waals surface area contributed by atoms with Crippen LogP contribution >= 0.6 is 34.8 Å². The molecule has 2 aromatic carbocycles. The minimum atomic E-state index is -4.02. The van der Waals surface area contributed by atoms with Crippen molar-refractivity contribution in [2.24, 2.45) is 0 Å². The molecule has 0 spiro atoms. The smallest absolute Gasteiger partial charge is 0.263 e. The zero-order valence-electron chi connectivity index (χ0n) is 15.4. The SMILES string of the molecule is COc1ccc(NS(=O)(=O)c2ccc(Cl)c(Cl)c2Cl)c2c1C[C@@H](N(C)C)CO2. The number of nitrogens with one attached hydrogen (secondary N) is 1. The molecule has 28 heavy (non-hydrogen) atoms. The van der Waals surface area contributed by atoms with E-state index in [9.17, 15) is 8.42 Å². The third kappa shape index (κ3) is 4.00. The summed E-state index contributed by atoms with van der Waals surface area (Å²) in [5.41, 5.74) is 1.10. The molecular formula is C18H19Cl3N2O4S. The molecule has 0 amide bonds. The van der Waals surface area contributed by atoms with Crippen molar-refractivity contribution in [2.45, 2.75) is 17.4 Å². The van der Waals surface area contributed by atoms with Crippen molar-refractivity contribution < 1.29 is 17.9 Å². The van der Waals surface area contributed by atoms with Gasteiger partial charge in [-0.1, -0.05) is 34.8 Å². The van der Waals surface area contributed by atoms with Crippen molar-refractivity contribution in [2.75, 3.05) is 32.5 Å². The monoisotopic (exact) mass is 464 g/mol.